The van der Waals surface area contributed by atoms with E-state index in [9.17, 15) is 13.2 Å². The number of methoxy groups -OCH3 is 1. The van der Waals surface area contributed by atoms with Gasteiger partial charge in [-0.2, -0.15) is 0 Å². The highest BCUT2D eigenvalue weighted by Crippen LogP contribution is 2.01. The Kier molecular flexibility index (Phi) is 3.95. The van der Waals surface area contributed by atoms with Gasteiger partial charge in [-0.15, -0.1) is 0 Å². The fraction of sp³-hybridized carbons (Fsp3) is 0.571. The minimum Gasteiger partial charge on any atom is -0.466 e. The summed E-state index contributed by atoms with van der Waals surface area (Å²) in [4.78, 5) is 10.5. The molecule has 0 bridgehead atoms. The van der Waals surface area contributed by atoms with Gasteiger partial charge in [-0.05, 0) is 13.8 Å². The molecular formula is C7H12O4S. The molecule has 0 aliphatic rings. The zero-order valence-corrected chi connectivity index (χ0v) is 8.09. The molecule has 0 aliphatic heterocycles. The minimum atomic E-state index is -3.28. The Morgan fingerprint density at radius 1 is 1.42 bits per heavy atom. The first-order valence-corrected chi connectivity index (χ1v) is 5.01. The number of rotatable bonds is 3. The molecule has 0 aromatic carbocycles. The molecule has 4 nitrogen and oxygen atoms in total. The molecule has 70 valence electrons. The van der Waals surface area contributed by atoms with Gasteiger partial charge in [0.1, 0.15) is 0 Å². The van der Waals surface area contributed by atoms with E-state index in [0.29, 0.717) is 0 Å². The van der Waals surface area contributed by atoms with Gasteiger partial charge >= 0.3 is 5.97 Å². The first kappa shape index (κ1) is 11.2. The molecule has 0 radical (unpaired) electrons. The summed E-state index contributed by atoms with van der Waals surface area (Å²) in [6.07, 6.45) is 0.898. The maximum Gasteiger partial charge on any atom is 0.331 e. The normalized spacial score (nSPS) is 12.3. The number of carbonyl (C=O) groups excluding carboxylic acids is 1. The van der Waals surface area contributed by atoms with Crippen LogP contribution in [-0.2, 0) is 19.4 Å². The smallest absolute Gasteiger partial charge is 0.331 e. The number of sulfone groups is 1. The highest BCUT2D eigenvalue weighted by atomic mass is 32.2. The van der Waals surface area contributed by atoms with Crippen molar-refractivity contribution in [1.29, 1.82) is 0 Å². The van der Waals surface area contributed by atoms with E-state index in [1.165, 1.54) is 21.0 Å². The molecule has 0 saturated heterocycles. The summed E-state index contributed by atoms with van der Waals surface area (Å²) in [5, 5.41) is 0.349. The fourth-order valence-corrected chi connectivity index (χ4v) is 0.991. The van der Waals surface area contributed by atoms with Crippen LogP contribution in [0.5, 0.6) is 0 Å². The van der Waals surface area contributed by atoms with Crippen LogP contribution in [0.3, 0.4) is 0 Å². The van der Waals surface area contributed by atoms with Crippen molar-refractivity contribution in [2.75, 3.05) is 7.11 Å². The Labute approximate surface area is 72.1 Å². The zero-order chi connectivity index (χ0) is 9.78. The first-order valence-electron chi connectivity index (χ1n) is 3.40. The first-order chi connectivity index (χ1) is 5.40. The van der Waals surface area contributed by atoms with Crippen molar-refractivity contribution in [1.82, 2.24) is 0 Å². The monoisotopic (exact) mass is 192 g/mol. The molecule has 0 amide bonds. The number of hydrogen-bond donors (Lipinski definition) is 0. The van der Waals surface area contributed by atoms with Crippen LogP contribution >= 0.6 is 0 Å². The zero-order valence-electron chi connectivity index (χ0n) is 7.27. The Balaban J connectivity index is 4.46. The van der Waals surface area contributed by atoms with Crippen molar-refractivity contribution in [3.8, 4) is 0 Å². The highest BCUT2D eigenvalue weighted by Gasteiger charge is 2.11. The van der Waals surface area contributed by atoms with Crippen LogP contribution < -0.4 is 0 Å². The van der Waals surface area contributed by atoms with Crippen molar-refractivity contribution >= 4 is 15.8 Å². The van der Waals surface area contributed by atoms with E-state index in [2.05, 4.69) is 4.74 Å². The van der Waals surface area contributed by atoms with Crippen molar-refractivity contribution in [2.24, 2.45) is 0 Å². The van der Waals surface area contributed by atoms with Crippen LogP contribution in [-0.4, -0.2) is 26.7 Å². The van der Waals surface area contributed by atoms with Crippen LogP contribution in [0, 0.1) is 0 Å². The lowest BCUT2D eigenvalue weighted by Gasteiger charge is -1.99. The summed E-state index contributed by atoms with van der Waals surface area (Å²) in [7, 11) is -2.10. The standard InChI is InChI=1S/C7H12O4S/c1-6(2)12(9,10)5-4-7(8)11-3/h4-6H,1-3H3/b5-4+. The third-order valence-corrected chi connectivity index (χ3v) is 3.08. The number of ether oxygens (including phenoxy) is 1. The van der Waals surface area contributed by atoms with Crippen molar-refractivity contribution in [3.05, 3.63) is 11.5 Å². The predicted octanol–water partition coefficient (Wildman–Crippen LogP) is 0.496. The molecule has 0 spiro atoms. The lowest BCUT2D eigenvalue weighted by molar-refractivity contribution is -0.134. The summed E-state index contributed by atoms with van der Waals surface area (Å²) in [5.74, 6) is -0.667. The molecule has 0 aromatic rings. The minimum absolute atomic E-state index is 0.515. The topological polar surface area (TPSA) is 60.4 Å². The maximum atomic E-state index is 11.1. The van der Waals surface area contributed by atoms with Gasteiger partial charge in [0, 0.05) is 11.5 Å². The third-order valence-electron chi connectivity index (χ3n) is 1.25. The largest absolute Gasteiger partial charge is 0.466 e. The van der Waals surface area contributed by atoms with Crippen LogP contribution in [0.2, 0.25) is 0 Å². The van der Waals surface area contributed by atoms with E-state index < -0.39 is 21.1 Å². The van der Waals surface area contributed by atoms with Gasteiger partial charge in [0.15, 0.2) is 9.84 Å². The van der Waals surface area contributed by atoms with E-state index in [1.54, 1.807) is 0 Å². The molecule has 0 fully saturated rings. The molecule has 0 unspecified atom stereocenters. The summed E-state index contributed by atoms with van der Waals surface area (Å²) in [5.41, 5.74) is 0. The summed E-state index contributed by atoms with van der Waals surface area (Å²) in [6, 6.07) is 0. The number of carbonyl (C=O) groups is 1. The quantitative estimate of drug-likeness (QED) is 0.482. The van der Waals surface area contributed by atoms with Crippen molar-refractivity contribution < 1.29 is 17.9 Å². The molecule has 0 saturated carbocycles. The van der Waals surface area contributed by atoms with Crippen molar-refractivity contribution in [2.45, 2.75) is 19.1 Å². The molecule has 12 heavy (non-hydrogen) atoms. The molecule has 5 heteroatoms. The second kappa shape index (κ2) is 4.25. The van der Waals surface area contributed by atoms with E-state index in [-0.39, 0.29) is 0 Å². The summed E-state index contributed by atoms with van der Waals surface area (Å²) < 4.78 is 26.3. The molecule has 0 rings (SSSR count). The molecular weight excluding hydrogens is 180 g/mol. The molecule has 0 aromatic heterocycles. The molecule has 0 atom stereocenters. The molecule has 0 N–H and O–H groups in total. The van der Waals surface area contributed by atoms with Gasteiger partial charge in [0.2, 0.25) is 0 Å². The molecule has 0 aliphatic carbocycles. The Morgan fingerprint density at radius 3 is 2.25 bits per heavy atom. The van der Waals surface area contributed by atoms with E-state index in [0.717, 1.165) is 11.5 Å². The average Bonchev–Trinajstić information content (AvgIpc) is 2.00. The Bertz CT molecular complexity index is 274. The second-order valence-electron chi connectivity index (χ2n) is 2.46. The van der Waals surface area contributed by atoms with Crippen LogP contribution in [0.1, 0.15) is 13.8 Å². The predicted molar refractivity (Wildman–Crippen MR) is 45.2 cm³/mol. The van der Waals surface area contributed by atoms with Gasteiger partial charge in [0.25, 0.3) is 0 Å². The fourth-order valence-electron chi connectivity index (χ4n) is 0.376. The van der Waals surface area contributed by atoms with Crippen LogP contribution in [0.4, 0.5) is 0 Å². The average molecular weight is 192 g/mol. The highest BCUT2D eigenvalue weighted by molar-refractivity contribution is 7.94. The Morgan fingerprint density at radius 2 is 1.92 bits per heavy atom. The number of hydrogen-bond acceptors (Lipinski definition) is 4. The van der Waals surface area contributed by atoms with Crippen LogP contribution in [0.25, 0.3) is 0 Å². The van der Waals surface area contributed by atoms with E-state index in [4.69, 9.17) is 0 Å². The Hall–Kier alpha value is -0.840. The van der Waals surface area contributed by atoms with E-state index >= 15 is 0 Å². The third kappa shape index (κ3) is 3.52. The van der Waals surface area contributed by atoms with Gasteiger partial charge in [-0.1, -0.05) is 0 Å². The number of esters is 1. The maximum absolute atomic E-state index is 11.1. The van der Waals surface area contributed by atoms with Crippen molar-refractivity contribution in [3.63, 3.8) is 0 Å². The summed E-state index contributed by atoms with van der Waals surface area (Å²) >= 11 is 0. The van der Waals surface area contributed by atoms with Crippen LogP contribution in [0.15, 0.2) is 11.5 Å². The van der Waals surface area contributed by atoms with Gasteiger partial charge in [-0.25, -0.2) is 13.2 Å². The van der Waals surface area contributed by atoms with Gasteiger partial charge in [0.05, 0.1) is 12.4 Å². The van der Waals surface area contributed by atoms with E-state index in [1.807, 2.05) is 0 Å². The lowest BCUT2D eigenvalue weighted by atomic mass is 10.6. The summed E-state index contributed by atoms with van der Waals surface area (Å²) in [6.45, 7) is 3.08. The SMILES string of the molecule is COC(=O)/C=C/S(=O)(=O)C(C)C. The molecule has 0 heterocycles. The second-order valence-corrected chi connectivity index (χ2v) is 4.86. The van der Waals surface area contributed by atoms with Gasteiger partial charge in [-0.3, -0.25) is 0 Å². The lowest BCUT2D eigenvalue weighted by Crippen LogP contribution is -2.10. The van der Waals surface area contributed by atoms with Gasteiger partial charge < -0.3 is 4.74 Å².